The van der Waals surface area contributed by atoms with E-state index in [2.05, 4.69) is 9.97 Å². The van der Waals surface area contributed by atoms with Crippen LogP contribution in [0, 0.1) is 0 Å². The molecular formula is C6H10Cl2N4. The molecule has 0 amide bonds. The maximum absolute atomic E-state index is 5.48. The van der Waals surface area contributed by atoms with E-state index in [0.717, 1.165) is 0 Å². The molecule has 12 heavy (non-hydrogen) atoms. The van der Waals surface area contributed by atoms with Gasteiger partial charge < -0.3 is 11.5 Å². The van der Waals surface area contributed by atoms with Crippen LogP contribution in [0.4, 0.5) is 11.6 Å². The van der Waals surface area contributed by atoms with Crippen LogP contribution < -0.4 is 11.5 Å². The molecular weight excluding hydrogens is 199 g/mol. The van der Waals surface area contributed by atoms with Gasteiger partial charge in [-0.25, -0.2) is 0 Å². The number of aromatic nitrogens is 2. The van der Waals surface area contributed by atoms with Crippen molar-refractivity contribution in [3.8, 4) is 0 Å². The van der Waals surface area contributed by atoms with Gasteiger partial charge in [0.1, 0.15) is 5.69 Å². The maximum Gasteiger partial charge on any atom is 0.223 e. The first-order valence-electron chi connectivity index (χ1n) is 3.35. The molecule has 4 N–H and O–H groups in total. The fraction of sp³-hybridized carbons (Fsp3) is 0.333. The standard InChI is InChI=1S/C4H4Cl2N4.C2H6/c5-2-1(7)3(6)10-4(8)9-2;1-2/h7H2,(H2,8,9,10);1-2H3. The van der Waals surface area contributed by atoms with Gasteiger partial charge in [0.25, 0.3) is 0 Å². The minimum absolute atomic E-state index is 0.0178. The third-order valence-electron chi connectivity index (χ3n) is 0.870. The predicted octanol–water partition coefficient (Wildman–Crippen LogP) is 1.97. The summed E-state index contributed by atoms with van der Waals surface area (Å²) in [5.41, 5.74) is 10.6. The fourth-order valence-electron chi connectivity index (χ4n) is 0.432. The second kappa shape index (κ2) is 5.00. The zero-order valence-electron chi connectivity index (χ0n) is 6.81. The summed E-state index contributed by atoms with van der Waals surface area (Å²) < 4.78 is 0. The normalized spacial score (nSPS) is 8.67. The van der Waals surface area contributed by atoms with Gasteiger partial charge in [0, 0.05) is 0 Å². The Hall–Kier alpha value is -0.740. The van der Waals surface area contributed by atoms with E-state index in [-0.39, 0.29) is 21.9 Å². The van der Waals surface area contributed by atoms with Crippen molar-refractivity contribution in [2.75, 3.05) is 11.5 Å². The minimum Gasteiger partial charge on any atom is -0.394 e. The lowest BCUT2D eigenvalue weighted by atomic mass is 10.5. The lowest BCUT2D eigenvalue weighted by molar-refractivity contribution is 1.19. The Labute approximate surface area is 80.9 Å². The van der Waals surface area contributed by atoms with E-state index in [1.807, 2.05) is 13.8 Å². The number of nitrogens with two attached hydrogens (primary N) is 2. The van der Waals surface area contributed by atoms with Crippen LogP contribution in [0.1, 0.15) is 13.8 Å². The highest BCUT2D eigenvalue weighted by Crippen LogP contribution is 2.23. The van der Waals surface area contributed by atoms with Crippen molar-refractivity contribution in [2.24, 2.45) is 0 Å². The highest BCUT2D eigenvalue weighted by atomic mass is 35.5. The second-order valence-corrected chi connectivity index (χ2v) is 2.29. The number of hydrogen-bond acceptors (Lipinski definition) is 4. The molecule has 0 aliphatic carbocycles. The Balaban J connectivity index is 0.000000561. The average Bonchev–Trinajstić information content (AvgIpc) is 2.04. The molecule has 0 atom stereocenters. The topological polar surface area (TPSA) is 77.8 Å². The lowest BCUT2D eigenvalue weighted by Crippen LogP contribution is -1.99. The lowest BCUT2D eigenvalue weighted by Gasteiger charge is -1.98. The quantitative estimate of drug-likeness (QED) is 0.640. The summed E-state index contributed by atoms with van der Waals surface area (Å²) in [5.74, 6) is 0.0178. The number of rotatable bonds is 0. The van der Waals surface area contributed by atoms with Gasteiger partial charge in [-0.1, -0.05) is 37.0 Å². The van der Waals surface area contributed by atoms with Gasteiger partial charge in [-0.15, -0.1) is 0 Å². The fourth-order valence-corrected chi connectivity index (χ4v) is 0.832. The van der Waals surface area contributed by atoms with Gasteiger partial charge in [0.15, 0.2) is 10.3 Å². The molecule has 0 aliphatic heterocycles. The van der Waals surface area contributed by atoms with E-state index in [1.165, 1.54) is 0 Å². The number of hydrogen-bond donors (Lipinski definition) is 2. The first kappa shape index (κ1) is 11.3. The van der Waals surface area contributed by atoms with E-state index in [4.69, 9.17) is 34.7 Å². The molecule has 0 bridgehead atoms. The van der Waals surface area contributed by atoms with Crippen LogP contribution in [0.2, 0.25) is 10.3 Å². The van der Waals surface area contributed by atoms with Crippen molar-refractivity contribution in [3.05, 3.63) is 10.3 Å². The van der Waals surface area contributed by atoms with Gasteiger partial charge >= 0.3 is 0 Å². The maximum atomic E-state index is 5.48. The Morgan fingerprint density at radius 3 is 1.67 bits per heavy atom. The largest absolute Gasteiger partial charge is 0.394 e. The molecule has 0 aliphatic rings. The number of halogens is 2. The Morgan fingerprint density at radius 1 is 1.00 bits per heavy atom. The zero-order valence-corrected chi connectivity index (χ0v) is 8.32. The molecule has 68 valence electrons. The molecule has 0 spiro atoms. The summed E-state index contributed by atoms with van der Waals surface area (Å²) in [6, 6.07) is 0. The SMILES string of the molecule is CC.Nc1nc(Cl)c(N)c(Cl)n1. The van der Waals surface area contributed by atoms with Crippen molar-refractivity contribution in [2.45, 2.75) is 13.8 Å². The minimum atomic E-state index is 0.0178. The van der Waals surface area contributed by atoms with E-state index < -0.39 is 0 Å². The van der Waals surface area contributed by atoms with Crippen molar-refractivity contribution in [3.63, 3.8) is 0 Å². The van der Waals surface area contributed by atoms with Crippen LogP contribution in [-0.4, -0.2) is 9.97 Å². The van der Waals surface area contributed by atoms with Gasteiger partial charge in [0.2, 0.25) is 5.95 Å². The van der Waals surface area contributed by atoms with E-state index in [0.29, 0.717) is 0 Å². The third kappa shape index (κ3) is 2.71. The van der Waals surface area contributed by atoms with Crippen LogP contribution >= 0.6 is 23.2 Å². The summed E-state index contributed by atoms with van der Waals surface area (Å²) in [4.78, 5) is 7.11. The monoisotopic (exact) mass is 208 g/mol. The molecule has 1 heterocycles. The number of anilines is 2. The van der Waals surface area contributed by atoms with Crippen molar-refractivity contribution in [1.82, 2.24) is 9.97 Å². The highest BCUT2D eigenvalue weighted by molar-refractivity contribution is 6.37. The Bertz CT molecular complexity index is 241. The molecule has 0 saturated carbocycles. The van der Waals surface area contributed by atoms with Crippen molar-refractivity contribution < 1.29 is 0 Å². The first-order chi connectivity index (χ1) is 5.61. The molecule has 1 aromatic heterocycles. The van der Waals surface area contributed by atoms with Gasteiger partial charge in [-0.2, -0.15) is 9.97 Å². The second-order valence-electron chi connectivity index (χ2n) is 1.58. The van der Waals surface area contributed by atoms with Gasteiger partial charge in [-0.3, -0.25) is 0 Å². The molecule has 1 aromatic rings. The number of nitrogen functional groups attached to an aromatic ring is 2. The van der Waals surface area contributed by atoms with Gasteiger partial charge in [-0.05, 0) is 0 Å². The van der Waals surface area contributed by atoms with Crippen LogP contribution in [0.15, 0.2) is 0 Å². The van der Waals surface area contributed by atoms with Crippen molar-refractivity contribution >= 4 is 34.8 Å². The summed E-state index contributed by atoms with van der Waals surface area (Å²) in [7, 11) is 0. The summed E-state index contributed by atoms with van der Waals surface area (Å²) >= 11 is 11.0. The molecule has 0 aromatic carbocycles. The smallest absolute Gasteiger partial charge is 0.223 e. The Morgan fingerprint density at radius 2 is 1.33 bits per heavy atom. The molecule has 0 radical (unpaired) electrons. The van der Waals surface area contributed by atoms with E-state index in [1.54, 1.807) is 0 Å². The molecule has 4 nitrogen and oxygen atoms in total. The average molecular weight is 209 g/mol. The molecule has 1 rings (SSSR count). The van der Waals surface area contributed by atoms with Crippen LogP contribution in [0.25, 0.3) is 0 Å². The summed E-state index contributed by atoms with van der Waals surface area (Å²) in [5, 5.41) is 0.162. The van der Waals surface area contributed by atoms with E-state index in [9.17, 15) is 0 Å². The molecule has 6 heteroatoms. The molecule has 0 fully saturated rings. The summed E-state index contributed by atoms with van der Waals surface area (Å²) in [6.45, 7) is 4.00. The first-order valence-corrected chi connectivity index (χ1v) is 4.11. The number of nitrogens with zero attached hydrogens (tertiary/aromatic N) is 2. The zero-order chi connectivity index (χ0) is 9.72. The van der Waals surface area contributed by atoms with Gasteiger partial charge in [0.05, 0.1) is 0 Å². The third-order valence-corrected chi connectivity index (χ3v) is 1.45. The van der Waals surface area contributed by atoms with Crippen LogP contribution in [-0.2, 0) is 0 Å². The Kier molecular flexibility index (Phi) is 4.70. The summed E-state index contributed by atoms with van der Waals surface area (Å²) in [6.07, 6.45) is 0. The van der Waals surface area contributed by atoms with Crippen LogP contribution in [0.3, 0.4) is 0 Å². The van der Waals surface area contributed by atoms with Crippen molar-refractivity contribution in [1.29, 1.82) is 0 Å². The van der Waals surface area contributed by atoms with E-state index >= 15 is 0 Å². The molecule has 0 saturated heterocycles. The molecule has 0 unspecified atom stereocenters. The highest BCUT2D eigenvalue weighted by Gasteiger charge is 2.04. The predicted molar refractivity (Wildman–Crippen MR) is 52.2 cm³/mol. The van der Waals surface area contributed by atoms with Crippen LogP contribution in [0.5, 0.6) is 0 Å².